The van der Waals surface area contributed by atoms with Crippen LogP contribution in [0, 0.1) is 11.6 Å². The van der Waals surface area contributed by atoms with Crippen molar-refractivity contribution in [2.75, 3.05) is 5.88 Å². The summed E-state index contributed by atoms with van der Waals surface area (Å²) in [7, 11) is 0. The van der Waals surface area contributed by atoms with E-state index in [-0.39, 0.29) is 0 Å². The fourth-order valence-electron chi connectivity index (χ4n) is 1.36. The van der Waals surface area contributed by atoms with Crippen LogP contribution in [0.4, 0.5) is 8.78 Å². The van der Waals surface area contributed by atoms with Gasteiger partial charge in [0.1, 0.15) is 0 Å². The summed E-state index contributed by atoms with van der Waals surface area (Å²) in [6, 6.07) is 4.23. The van der Waals surface area contributed by atoms with E-state index in [1.54, 1.807) is 6.07 Å². The van der Waals surface area contributed by atoms with E-state index < -0.39 is 11.6 Å². The second kappa shape index (κ2) is 5.86. The highest BCUT2D eigenvalue weighted by molar-refractivity contribution is 6.17. The maximum Gasteiger partial charge on any atom is 0.162 e. The molecular formula is C12H13ClF2. The molecule has 0 saturated heterocycles. The summed E-state index contributed by atoms with van der Waals surface area (Å²) in [5.41, 5.74) is 1.39. The molecule has 3 heteroatoms. The first-order valence-corrected chi connectivity index (χ1v) is 5.33. The van der Waals surface area contributed by atoms with Crippen molar-refractivity contribution in [3.63, 3.8) is 0 Å². The molecule has 0 unspecified atom stereocenters. The van der Waals surface area contributed by atoms with Gasteiger partial charge in [0.25, 0.3) is 0 Å². The van der Waals surface area contributed by atoms with Crippen molar-refractivity contribution in [2.24, 2.45) is 0 Å². The Morgan fingerprint density at radius 2 is 2.13 bits per heavy atom. The number of hydrogen-bond donors (Lipinski definition) is 0. The van der Waals surface area contributed by atoms with Gasteiger partial charge in [-0.2, -0.15) is 0 Å². The van der Waals surface area contributed by atoms with Gasteiger partial charge in [-0.05, 0) is 31.4 Å². The van der Waals surface area contributed by atoms with Gasteiger partial charge in [0.15, 0.2) is 11.6 Å². The van der Waals surface area contributed by atoms with E-state index in [0.717, 1.165) is 18.1 Å². The topological polar surface area (TPSA) is 0 Å². The van der Waals surface area contributed by atoms with Gasteiger partial charge in [-0.15, -0.1) is 11.6 Å². The molecule has 0 aromatic heterocycles. The SMILES string of the molecule is CC(=CCCCl)Cc1cccc(F)c1F. The number of hydrogen-bond acceptors (Lipinski definition) is 0. The molecule has 0 aliphatic heterocycles. The van der Waals surface area contributed by atoms with Gasteiger partial charge in [-0.3, -0.25) is 0 Å². The first-order valence-electron chi connectivity index (χ1n) is 4.79. The first-order chi connectivity index (χ1) is 7.15. The fraction of sp³-hybridized carbons (Fsp3) is 0.333. The number of allylic oxidation sites excluding steroid dienone is 2. The minimum atomic E-state index is -0.794. The Labute approximate surface area is 93.6 Å². The van der Waals surface area contributed by atoms with Crippen LogP contribution in [0.2, 0.25) is 0 Å². The summed E-state index contributed by atoms with van der Waals surface area (Å²) in [5.74, 6) is -1.00. The average molecular weight is 231 g/mol. The molecule has 0 atom stereocenters. The predicted molar refractivity (Wildman–Crippen MR) is 59.2 cm³/mol. The Morgan fingerprint density at radius 1 is 1.40 bits per heavy atom. The zero-order valence-corrected chi connectivity index (χ0v) is 9.32. The van der Waals surface area contributed by atoms with Crippen molar-refractivity contribution in [3.05, 3.63) is 47.0 Å². The van der Waals surface area contributed by atoms with Crippen LogP contribution in [0.25, 0.3) is 0 Å². The van der Waals surface area contributed by atoms with E-state index >= 15 is 0 Å². The lowest BCUT2D eigenvalue weighted by Gasteiger charge is -2.04. The molecular weight excluding hydrogens is 218 g/mol. The third-order valence-electron chi connectivity index (χ3n) is 2.10. The molecule has 0 bridgehead atoms. The molecule has 1 aromatic rings. The van der Waals surface area contributed by atoms with E-state index in [9.17, 15) is 8.78 Å². The highest BCUT2D eigenvalue weighted by Gasteiger charge is 2.07. The molecule has 0 radical (unpaired) electrons. The van der Waals surface area contributed by atoms with Crippen LogP contribution < -0.4 is 0 Å². The van der Waals surface area contributed by atoms with Crippen LogP contribution in [0.3, 0.4) is 0 Å². The van der Waals surface area contributed by atoms with E-state index in [1.807, 2.05) is 13.0 Å². The van der Waals surface area contributed by atoms with Crippen molar-refractivity contribution in [3.8, 4) is 0 Å². The Balaban J connectivity index is 2.76. The lowest BCUT2D eigenvalue weighted by atomic mass is 10.0. The van der Waals surface area contributed by atoms with Crippen molar-refractivity contribution in [1.29, 1.82) is 0 Å². The number of halogens is 3. The summed E-state index contributed by atoms with van der Waals surface area (Å²) in [6.45, 7) is 1.89. The quantitative estimate of drug-likeness (QED) is 0.540. The molecule has 1 rings (SSSR count). The normalized spacial score (nSPS) is 11.9. The van der Waals surface area contributed by atoms with Crippen LogP contribution in [0.5, 0.6) is 0 Å². The van der Waals surface area contributed by atoms with Crippen molar-refractivity contribution >= 4 is 11.6 Å². The smallest absolute Gasteiger partial charge is 0.162 e. The summed E-state index contributed by atoms with van der Waals surface area (Å²) >= 11 is 5.53. The summed E-state index contributed by atoms with van der Waals surface area (Å²) in [5, 5.41) is 0. The predicted octanol–water partition coefficient (Wildman–Crippen LogP) is 4.08. The Morgan fingerprint density at radius 3 is 2.80 bits per heavy atom. The standard InChI is InChI=1S/C12H13ClF2/c1-9(4-3-7-13)8-10-5-2-6-11(14)12(10)15/h2,4-6H,3,7-8H2,1H3. The van der Waals surface area contributed by atoms with Gasteiger partial charge in [0.05, 0.1) is 0 Å². The van der Waals surface area contributed by atoms with Gasteiger partial charge in [0, 0.05) is 5.88 Å². The lowest BCUT2D eigenvalue weighted by Crippen LogP contribution is -1.95. The van der Waals surface area contributed by atoms with Gasteiger partial charge >= 0.3 is 0 Å². The molecule has 0 nitrogen and oxygen atoms in total. The highest BCUT2D eigenvalue weighted by Crippen LogP contribution is 2.15. The minimum Gasteiger partial charge on any atom is -0.204 e. The summed E-state index contributed by atoms with van der Waals surface area (Å²) < 4.78 is 26.1. The molecule has 0 N–H and O–H groups in total. The van der Waals surface area contributed by atoms with Crippen LogP contribution in [-0.2, 0) is 6.42 Å². The second-order valence-corrected chi connectivity index (χ2v) is 3.80. The highest BCUT2D eigenvalue weighted by atomic mass is 35.5. The Hall–Kier alpha value is -0.890. The molecule has 0 fully saturated rings. The maximum atomic E-state index is 13.3. The number of rotatable bonds is 4. The summed E-state index contributed by atoms with van der Waals surface area (Å²) in [6.07, 6.45) is 3.13. The molecule has 15 heavy (non-hydrogen) atoms. The Bertz CT molecular complexity index is 359. The molecule has 0 spiro atoms. The maximum absolute atomic E-state index is 13.3. The lowest BCUT2D eigenvalue weighted by molar-refractivity contribution is 0.500. The largest absolute Gasteiger partial charge is 0.204 e. The fourth-order valence-corrected chi connectivity index (χ4v) is 1.47. The number of alkyl halides is 1. The third-order valence-corrected chi connectivity index (χ3v) is 2.32. The van der Waals surface area contributed by atoms with Crippen LogP contribution >= 0.6 is 11.6 Å². The molecule has 0 amide bonds. The van der Waals surface area contributed by atoms with Crippen LogP contribution in [0.15, 0.2) is 29.8 Å². The molecule has 82 valence electrons. The van der Waals surface area contributed by atoms with E-state index in [1.165, 1.54) is 6.07 Å². The zero-order chi connectivity index (χ0) is 11.3. The average Bonchev–Trinajstić information content (AvgIpc) is 2.22. The van der Waals surface area contributed by atoms with Crippen LogP contribution in [0.1, 0.15) is 18.9 Å². The van der Waals surface area contributed by atoms with E-state index in [4.69, 9.17) is 11.6 Å². The van der Waals surface area contributed by atoms with Crippen molar-refractivity contribution in [1.82, 2.24) is 0 Å². The Kier molecular flexibility index (Phi) is 4.76. The van der Waals surface area contributed by atoms with E-state index in [0.29, 0.717) is 17.9 Å². The molecule has 1 aromatic carbocycles. The summed E-state index contributed by atoms with van der Waals surface area (Å²) in [4.78, 5) is 0. The molecule has 0 aliphatic carbocycles. The van der Waals surface area contributed by atoms with Crippen LogP contribution in [-0.4, -0.2) is 5.88 Å². The molecule has 0 aliphatic rings. The van der Waals surface area contributed by atoms with Gasteiger partial charge < -0.3 is 0 Å². The van der Waals surface area contributed by atoms with Gasteiger partial charge in [0.2, 0.25) is 0 Å². The van der Waals surface area contributed by atoms with Gasteiger partial charge in [-0.25, -0.2) is 8.78 Å². The first kappa shape index (κ1) is 12.2. The van der Waals surface area contributed by atoms with E-state index in [2.05, 4.69) is 0 Å². The minimum absolute atomic E-state index is 0.387. The van der Waals surface area contributed by atoms with Crippen molar-refractivity contribution in [2.45, 2.75) is 19.8 Å². The molecule has 0 saturated carbocycles. The van der Waals surface area contributed by atoms with Crippen molar-refractivity contribution < 1.29 is 8.78 Å². The van der Waals surface area contributed by atoms with Gasteiger partial charge in [-0.1, -0.05) is 23.8 Å². The molecule has 0 heterocycles. The third kappa shape index (κ3) is 3.63. The zero-order valence-electron chi connectivity index (χ0n) is 8.56. The second-order valence-electron chi connectivity index (χ2n) is 3.42. The monoisotopic (exact) mass is 230 g/mol. The number of benzene rings is 1.